The first kappa shape index (κ1) is 31.2. The molecular weight excluding hydrogens is 552 g/mol. The van der Waals surface area contributed by atoms with Crippen molar-refractivity contribution in [3.05, 3.63) is 107 Å². The molecule has 1 aliphatic heterocycles. The monoisotopic (exact) mass is 588 g/mol. The third kappa shape index (κ3) is 5.80. The summed E-state index contributed by atoms with van der Waals surface area (Å²) in [6.45, 7) is 1.82. The van der Waals surface area contributed by atoms with Crippen molar-refractivity contribution < 1.29 is 24.5 Å². The minimum Gasteiger partial charge on any atom is -0.481 e. The van der Waals surface area contributed by atoms with E-state index in [-0.39, 0.29) is 31.8 Å². The Labute approximate surface area is 252 Å². The molecule has 8 heteroatoms. The number of carbonyl (C=O) groups is 2. The predicted molar refractivity (Wildman–Crippen MR) is 161 cm³/mol. The lowest BCUT2D eigenvalue weighted by molar-refractivity contribution is -0.176. The zero-order valence-corrected chi connectivity index (χ0v) is 24.6. The SMILES string of the molecule is COCC1NC(C)C(CCC#N)(C(=O)O)C(c2cccc(Cl)c2)C1(CCC(c1ccccc1)c1ccccc1)C(=O)O. The van der Waals surface area contributed by atoms with Gasteiger partial charge in [-0.15, -0.1) is 0 Å². The minimum absolute atomic E-state index is 0.0281. The van der Waals surface area contributed by atoms with Crippen LogP contribution in [0.1, 0.15) is 61.1 Å². The van der Waals surface area contributed by atoms with Gasteiger partial charge in [-0.2, -0.15) is 5.26 Å². The van der Waals surface area contributed by atoms with Crippen molar-refractivity contribution in [2.24, 2.45) is 10.8 Å². The van der Waals surface area contributed by atoms with E-state index in [1.54, 1.807) is 31.2 Å². The smallest absolute Gasteiger partial charge is 0.311 e. The number of aliphatic carboxylic acids is 2. The van der Waals surface area contributed by atoms with E-state index >= 15 is 0 Å². The van der Waals surface area contributed by atoms with Gasteiger partial charge in [-0.25, -0.2) is 0 Å². The number of hydrogen-bond acceptors (Lipinski definition) is 5. The van der Waals surface area contributed by atoms with Crippen molar-refractivity contribution in [3.63, 3.8) is 0 Å². The van der Waals surface area contributed by atoms with Crippen molar-refractivity contribution in [2.45, 2.75) is 56.5 Å². The number of nitrogens with zero attached hydrogens (tertiary/aromatic N) is 1. The van der Waals surface area contributed by atoms with Crippen LogP contribution in [0.25, 0.3) is 0 Å². The fraction of sp³-hybridized carbons (Fsp3) is 0.382. The van der Waals surface area contributed by atoms with Gasteiger partial charge in [-0.1, -0.05) is 84.4 Å². The summed E-state index contributed by atoms with van der Waals surface area (Å²) in [5.74, 6) is -3.41. The standard InChI is InChI=1S/C34H37ClN2O5/c1-23-33(31(38)39,18-10-20-36)30(26-15-9-16-27(35)21-26)34(32(40)41,29(37-23)22-42-2)19-17-28(24-11-5-3-6-12-24)25-13-7-4-8-14-25/h3-9,11-16,21,23,28-30,37H,10,17-19,22H2,1-2H3,(H,38,39)(H,40,41). The second-order valence-electron chi connectivity index (χ2n) is 11.1. The van der Waals surface area contributed by atoms with Crippen LogP contribution in [0, 0.1) is 22.2 Å². The molecule has 0 bridgehead atoms. The van der Waals surface area contributed by atoms with Gasteiger partial charge in [0, 0.05) is 42.5 Å². The number of carboxylic acids is 2. The number of nitrogens with one attached hydrogen (secondary N) is 1. The number of piperidine rings is 1. The molecule has 3 N–H and O–H groups in total. The molecule has 7 nitrogen and oxygen atoms in total. The quantitative estimate of drug-likeness (QED) is 0.221. The van der Waals surface area contributed by atoms with E-state index in [1.165, 1.54) is 7.11 Å². The molecule has 0 aromatic heterocycles. The molecule has 0 saturated carbocycles. The van der Waals surface area contributed by atoms with E-state index in [0.29, 0.717) is 17.0 Å². The summed E-state index contributed by atoms with van der Waals surface area (Å²) in [5.41, 5.74) is -0.632. The highest BCUT2D eigenvalue weighted by molar-refractivity contribution is 6.30. The number of benzene rings is 3. The Balaban J connectivity index is 1.97. The number of rotatable bonds is 12. The molecule has 4 rings (SSSR count). The largest absolute Gasteiger partial charge is 0.481 e. The average Bonchev–Trinajstić information content (AvgIpc) is 2.98. The van der Waals surface area contributed by atoms with Gasteiger partial charge in [0.25, 0.3) is 0 Å². The molecule has 5 unspecified atom stereocenters. The van der Waals surface area contributed by atoms with Crippen LogP contribution < -0.4 is 5.32 Å². The molecule has 1 saturated heterocycles. The van der Waals surface area contributed by atoms with Gasteiger partial charge < -0.3 is 20.3 Å². The summed E-state index contributed by atoms with van der Waals surface area (Å²) in [6, 6.07) is 27.4. The number of ether oxygens (including phenoxy) is 1. The maximum absolute atomic E-state index is 13.8. The predicted octanol–water partition coefficient (Wildman–Crippen LogP) is 6.49. The van der Waals surface area contributed by atoms with Crippen LogP contribution in [0.2, 0.25) is 5.02 Å². The lowest BCUT2D eigenvalue weighted by Crippen LogP contribution is -2.71. The number of nitriles is 1. The Kier molecular flexibility index (Phi) is 10.1. The second-order valence-corrected chi connectivity index (χ2v) is 11.6. The number of carboxylic acid groups (broad SMARTS) is 2. The third-order valence-corrected chi connectivity index (χ3v) is 9.32. The first-order chi connectivity index (χ1) is 20.2. The highest BCUT2D eigenvalue weighted by Crippen LogP contribution is 2.60. The Hall–Kier alpha value is -3.70. The Morgan fingerprint density at radius 2 is 1.55 bits per heavy atom. The molecule has 220 valence electrons. The van der Waals surface area contributed by atoms with Crippen molar-refractivity contribution in [1.82, 2.24) is 5.32 Å². The third-order valence-electron chi connectivity index (χ3n) is 9.09. The molecule has 0 spiro atoms. The van der Waals surface area contributed by atoms with Crippen LogP contribution >= 0.6 is 11.6 Å². The highest BCUT2D eigenvalue weighted by Gasteiger charge is 2.67. The van der Waals surface area contributed by atoms with E-state index in [4.69, 9.17) is 16.3 Å². The molecule has 3 aromatic rings. The first-order valence-corrected chi connectivity index (χ1v) is 14.5. The first-order valence-electron chi connectivity index (χ1n) is 14.2. The van der Waals surface area contributed by atoms with Crippen LogP contribution in [0.5, 0.6) is 0 Å². The maximum Gasteiger partial charge on any atom is 0.311 e. The molecule has 1 aliphatic rings. The van der Waals surface area contributed by atoms with Crippen LogP contribution in [0.4, 0.5) is 0 Å². The van der Waals surface area contributed by atoms with Crippen LogP contribution in [0.3, 0.4) is 0 Å². The number of halogens is 1. The van der Waals surface area contributed by atoms with Gasteiger partial charge in [0.05, 0.1) is 23.5 Å². The summed E-state index contributed by atoms with van der Waals surface area (Å²) in [4.78, 5) is 27.2. The molecule has 0 aliphatic carbocycles. The van der Waals surface area contributed by atoms with Crippen LogP contribution in [-0.2, 0) is 14.3 Å². The van der Waals surface area contributed by atoms with Gasteiger partial charge >= 0.3 is 11.9 Å². The maximum atomic E-state index is 13.8. The molecule has 5 atom stereocenters. The average molecular weight is 589 g/mol. The van der Waals surface area contributed by atoms with E-state index < -0.39 is 40.8 Å². The van der Waals surface area contributed by atoms with Gasteiger partial charge in [0.1, 0.15) is 0 Å². The molecule has 0 amide bonds. The van der Waals surface area contributed by atoms with Gasteiger partial charge in [-0.05, 0) is 55.0 Å². The van der Waals surface area contributed by atoms with Gasteiger partial charge in [-0.3, -0.25) is 9.59 Å². The Morgan fingerprint density at radius 1 is 0.952 bits per heavy atom. The van der Waals surface area contributed by atoms with Crippen molar-refractivity contribution >= 4 is 23.5 Å². The summed E-state index contributed by atoms with van der Waals surface area (Å²) in [6.07, 6.45) is 0.501. The zero-order chi connectivity index (χ0) is 30.3. The van der Waals surface area contributed by atoms with Crippen molar-refractivity contribution in [3.8, 4) is 6.07 Å². The lowest BCUT2D eigenvalue weighted by atomic mass is 9.49. The van der Waals surface area contributed by atoms with E-state index in [0.717, 1.165) is 11.1 Å². The number of hydrogen-bond donors (Lipinski definition) is 3. The molecule has 42 heavy (non-hydrogen) atoms. The summed E-state index contributed by atoms with van der Waals surface area (Å²) < 4.78 is 5.58. The fourth-order valence-corrected chi connectivity index (χ4v) is 7.37. The molecular formula is C34H37ClN2O5. The van der Waals surface area contributed by atoms with Crippen molar-refractivity contribution in [2.75, 3.05) is 13.7 Å². The highest BCUT2D eigenvalue weighted by atomic mass is 35.5. The molecule has 3 aromatic carbocycles. The Bertz CT molecular complexity index is 1370. The second kappa shape index (κ2) is 13.5. The normalized spacial score (nSPS) is 25.5. The summed E-state index contributed by atoms with van der Waals surface area (Å²) in [7, 11) is 1.51. The molecule has 1 heterocycles. The molecule has 0 radical (unpaired) electrons. The van der Waals surface area contributed by atoms with Gasteiger partial charge in [0.2, 0.25) is 0 Å². The zero-order valence-electron chi connectivity index (χ0n) is 23.9. The fourth-order valence-electron chi connectivity index (χ4n) is 7.17. The lowest BCUT2D eigenvalue weighted by Gasteiger charge is -2.58. The summed E-state index contributed by atoms with van der Waals surface area (Å²) in [5, 5.41) is 35.5. The van der Waals surface area contributed by atoms with E-state index in [1.807, 2.05) is 60.7 Å². The topological polar surface area (TPSA) is 120 Å². The van der Waals surface area contributed by atoms with Crippen molar-refractivity contribution in [1.29, 1.82) is 5.26 Å². The van der Waals surface area contributed by atoms with Crippen LogP contribution in [-0.4, -0.2) is 48.0 Å². The number of methoxy groups -OCH3 is 1. The molecule has 1 fully saturated rings. The van der Waals surface area contributed by atoms with Gasteiger partial charge in [0.15, 0.2) is 0 Å². The summed E-state index contributed by atoms with van der Waals surface area (Å²) >= 11 is 6.45. The minimum atomic E-state index is -1.62. The Morgan fingerprint density at radius 3 is 2.05 bits per heavy atom. The van der Waals surface area contributed by atoms with E-state index in [2.05, 4.69) is 11.4 Å². The van der Waals surface area contributed by atoms with E-state index in [9.17, 15) is 25.1 Å². The van der Waals surface area contributed by atoms with Crippen LogP contribution in [0.15, 0.2) is 84.9 Å².